The summed E-state index contributed by atoms with van der Waals surface area (Å²) in [5.74, 6) is -1.42. The number of amidine groups is 1. The minimum Gasteiger partial charge on any atom is -0.409 e. The Kier molecular flexibility index (Phi) is 4.09. The molecule has 5 nitrogen and oxygen atoms in total. The Morgan fingerprint density at radius 2 is 2.10 bits per heavy atom. The van der Waals surface area contributed by atoms with E-state index in [0.29, 0.717) is 5.69 Å². The highest BCUT2D eigenvalue weighted by molar-refractivity contribution is 5.95. The Morgan fingerprint density at radius 3 is 2.80 bits per heavy atom. The van der Waals surface area contributed by atoms with Crippen LogP contribution in [-0.4, -0.2) is 16.0 Å². The third-order valence-corrected chi connectivity index (χ3v) is 2.61. The Hall–Kier alpha value is -2.70. The van der Waals surface area contributed by atoms with Crippen molar-refractivity contribution in [3.05, 3.63) is 59.4 Å². The standard InChI is InChI=1S/C13H12F2N4O/c14-9-1-2-11(10(15)6-9)18-7-8-3-4-17-12(5-8)13(16)19-20/h1-6,18,20H,7H2,(H2,16,19). The fourth-order valence-corrected chi connectivity index (χ4v) is 1.61. The van der Waals surface area contributed by atoms with Crippen molar-refractivity contribution in [2.75, 3.05) is 5.32 Å². The molecule has 0 saturated carbocycles. The van der Waals surface area contributed by atoms with Crippen LogP contribution in [0.3, 0.4) is 0 Å². The lowest BCUT2D eigenvalue weighted by atomic mass is 10.2. The van der Waals surface area contributed by atoms with Crippen LogP contribution in [0.5, 0.6) is 0 Å². The van der Waals surface area contributed by atoms with E-state index in [-0.39, 0.29) is 18.1 Å². The number of benzene rings is 1. The van der Waals surface area contributed by atoms with E-state index in [1.165, 1.54) is 18.3 Å². The highest BCUT2D eigenvalue weighted by Crippen LogP contribution is 2.16. The average molecular weight is 278 g/mol. The highest BCUT2D eigenvalue weighted by atomic mass is 19.1. The van der Waals surface area contributed by atoms with E-state index in [0.717, 1.165) is 11.6 Å². The van der Waals surface area contributed by atoms with E-state index >= 15 is 0 Å². The van der Waals surface area contributed by atoms with Gasteiger partial charge in [-0.2, -0.15) is 0 Å². The van der Waals surface area contributed by atoms with Gasteiger partial charge in [-0.3, -0.25) is 4.98 Å². The first kappa shape index (κ1) is 13.7. The van der Waals surface area contributed by atoms with Gasteiger partial charge in [-0.15, -0.1) is 0 Å². The number of nitrogens with zero attached hydrogens (tertiary/aromatic N) is 2. The Labute approximate surface area is 113 Å². The number of anilines is 1. The molecule has 2 rings (SSSR count). The highest BCUT2D eigenvalue weighted by Gasteiger charge is 2.05. The first-order chi connectivity index (χ1) is 9.60. The third-order valence-electron chi connectivity index (χ3n) is 2.61. The molecule has 0 spiro atoms. The van der Waals surface area contributed by atoms with E-state index in [2.05, 4.69) is 15.5 Å². The number of hydrogen-bond acceptors (Lipinski definition) is 4. The lowest BCUT2D eigenvalue weighted by molar-refractivity contribution is 0.318. The Morgan fingerprint density at radius 1 is 1.30 bits per heavy atom. The van der Waals surface area contributed by atoms with Crippen LogP contribution in [-0.2, 0) is 6.54 Å². The smallest absolute Gasteiger partial charge is 0.188 e. The van der Waals surface area contributed by atoms with Crippen LogP contribution in [0.2, 0.25) is 0 Å². The van der Waals surface area contributed by atoms with E-state index in [1.54, 1.807) is 12.1 Å². The molecular formula is C13H12F2N4O. The zero-order chi connectivity index (χ0) is 14.5. The molecule has 0 aliphatic heterocycles. The SMILES string of the molecule is NC(=NO)c1cc(CNc2ccc(F)cc2F)ccn1. The van der Waals surface area contributed by atoms with Gasteiger partial charge in [0.1, 0.15) is 17.3 Å². The molecule has 0 saturated heterocycles. The maximum atomic E-state index is 13.4. The van der Waals surface area contributed by atoms with Crippen molar-refractivity contribution in [2.24, 2.45) is 10.9 Å². The second kappa shape index (κ2) is 5.96. The van der Waals surface area contributed by atoms with Gasteiger partial charge in [-0.25, -0.2) is 8.78 Å². The number of nitrogens with one attached hydrogen (secondary N) is 1. The molecule has 0 amide bonds. The second-order valence-corrected chi connectivity index (χ2v) is 4.01. The van der Waals surface area contributed by atoms with Crippen molar-refractivity contribution >= 4 is 11.5 Å². The number of nitrogens with two attached hydrogens (primary N) is 1. The topological polar surface area (TPSA) is 83.5 Å². The molecule has 20 heavy (non-hydrogen) atoms. The number of aromatic nitrogens is 1. The number of oxime groups is 1. The molecule has 0 aliphatic carbocycles. The van der Waals surface area contributed by atoms with Crippen LogP contribution in [0, 0.1) is 11.6 Å². The summed E-state index contributed by atoms with van der Waals surface area (Å²) in [4.78, 5) is 3.93. The summed E-state index contributed by atoms with van der Waals surface area (Å²) < 4.78 is 26.2. The van der Waals surface area contributed by atoms with E-state index in [9.17, 15) is 8.78 Å². The Balaban J connectivity index is 2.11. The van der Waals surface area contributed by atoms with Gasteiger partial charge in [-0.1, -0.05) is 5.16 Å². The molecule has 0 atom stereocenters. The maximum Gasteiger partial charge on any atom is 0.188 e. The molecule has 0 bridgehead atoms. The minimum atomic E-state index is -0.671. The molecule has 2 aromatic rings. The monoisotopic (exact) mass is 278 g/mol. The predicted molar refractivity (Wildman–Crippen MR) is 70.4 cm³/mol. The molecule has 104 valence electrons. The van der Waals surface area contributed by atoms with Gasteiger partial charge in [0.15, 0.2) is 5.84 Å². The van der Waals surface area contributed by atoms with Gasteiger partial charge >= 0.3 is 0 Å². The molecule has 1 heterocycles. The molecule has 1 aromatic carbocycles. The van der Waals surface area contributed by atoms with Crippen molar-refractivity contribution < 1.29 is 14.0 Å². The van der Waals surface area contributed by atoms with Gasteiger partial charge in [0, 0.05) is 18.8 Å². The summed E-state index contributed by atoms with van der Waals surface area (Å²) in [6.45, 7) is 0.288. The second-order valence-electron chi connectivity index (χ2n) is 4.01. The summed E-state index contributed by atoms with van der Waals surface area (Å²) in [6, 6.07) is 6.58. The van der Waals surface area contributed by atoms with E-state index in [1.807, 2.05) is 0 Å². The molecule has 0 fully saturated rings. The summed E-state index contributed by atoms with van der Waals surface area (Å²) in [7, 11) is 0. The average Bonchev–Trinajstić information content (AvgIpc) is 2.46. The lowest BCUT2D eigenvalue weighted by Gasteiger charge is -2.08. The predicted octanol–water partition coefficient (Wildman–Crippen LogP) is 2.07. The molecule has 4 N–H and O–H groups in total. The van der Waals surface area contributed by atoms with Crippen LogP contribution in [0.25, 0.3) is 0 Å². The van der Waals surface area contributed by atoms with Crippen molar-refractivity contribution in [1.82, 2.24) is 4.98 Å². The van der Waals surface area contributed by atoms with E-state index in [4.69, 9.17) is 10.9 Å². The molecule has 7 heteroatoms. The van der Waals surface area contributed by atoms with Gasteiger partial charge in [0.05, 0.1) is 5.69 Å². The fraction of sp³-hybridized carbons (Fsp3) is 0.0769. The van der Waals surface area contributed by atoms with Crippen molar-refractivity contribution in [3.63, 3.8) is 0 Å². The van der Waals surface area contributed by atoms with Gasteiger partial charge in [0.25, 0.3) is 0 Å². The molecule has 0 unspecified atom stereocenters. The summed E-state index contributed by atoms with van der Waals surface area (Å²) in [6.07, 6.45) is 1.49. The third kappa shape index (κ3) is 3.19. The van der Waals surface area contributed by atoms with Gasteiger partial charge in [0.2, 0.25) is 0 Å². The quantitative estimate of drug-likeness (QED) is 0.346. The molecular weight excluding hydrogens is 266 g/mol. The molecule has 0 aliphatic rings. The first-order valence-electron chi connectivity index (χ1n) is 5.72. The van der Waals surface area contributed by atoms with Crippen LogP contribution in [0.1, 0.15) is 11.3 Å². The zero-order valence-corrected chi connectivity index (χ0v) is 10.3. The van der Waals surface area contributed by atoms with Crippen LogP contribution in [0.15, 0.2) is 41.7 Å². The van der Waals surface area contributed by atoms with Crippen LogP contribution < -0.4 is 11.1 Å². The summed E-state index contributed by atoms with van der Waals surface area (Å²) in [5, 5.41) is 14.3. The molecule has 1 aromatic heterocycles. The van der Waals surface area contributed by atoms with Crippen LogP contribution in [0.4, 0.5) is 14.5 Å². The van der Waals surface area contributed by atoms with E-state index < -0.39 is 11.6 Å². The largest absolute Gasteiger partial charge is 0.409 e. The zero-order valence-electron chi connectivity index (χ0n) is 10.3. The first-order valence-corrected chi connectivity index (χ1v) is 5.72. The van der Waals surface area contributed by atoms with Crippen molar-refractivity contribution in [3.8, 4) is 0 Å². The molecule has 0 radical (unpaired) electrons. The summed E-state index contributed by atoms with van der Waals surface area (Å²) >= 11 is 0. The number of halogens is 2. The van der Waals surface area contributed by atoms with Crippen molar-refractivity contribution in [1.29, 1.82) is 0 Å². The number of rotatable bonds is 4. The van der Waals surface area contributed by atoms with Gasteiger partial charge in [-0.05, 0) is 29.8 Å². The van der Waals surface area contributed by atoms with Crippen LogP contribution >= 0.6 is 0 Å². The Bertz CT molecular complexity index is 646. The van der Waals surface area contributed by atoms with Crippen molar-refractivity contribution in [2.45, 2.75) is 6.54 Å². The maximum absolute atomic E-state index is 13.4. The summed E-state index contributed by atoms with van der Waals surface area (Å²) in [5.41, 5.74) is 6.68. The number of pyridine rings is 1. The van der Waals surface area contributed by atoms with Gasteiger partial charge < -0.3 is 16.3 Å². The number of hydrogen-bond donors (Lipinski definition) is 3. The minimum absolute atomic E-state index is 0.111. The normalized spacial score (nSPS) is 11.4. The lowest BCUT2D eigenvalue weighted by Crippen LogP contribution is -2.15. The fourth-order valence-electron chi connectivity index (χ4n) is 1.61.